The van der Waals surface area contributed by atoms with Crippen molar-refractivity contribution in [3.8, 4) is 0 Å². The van der Waals surface area contributed by atoms with E-state index >= 15 is 0 Å². The van der Waals surface area contributed by atoms with Gasteiger partial charge in [-0.25, -0.2) is 5.43 Å². The topological polar surface area (TPSA) is 114 Å². The molecule has 2 rings (SSSR count). The number of benzene rings is 2. The summed E-state index contributed by atoms with van der Waals surface area (Å²) in [6.45, 7) is 5.51. The largest absolute Gasteiger partial charge is 0.340 e. The molecule has 0 aliphatic carbocycles. The van der Waals surface area contributed by atoms with Crippen molar-refractivity contribution in [3.05, 3.63) is 74.3 Å². The Kier molecular flexibility index (Phi) is 7.44. The van der Waals surface area contributed by atoms with Gasteiger partial charge in [-0.05, 0) is 31.0 Å². The van der Waals surface area contributed by atoms with E-state index in [2.05, 4.69) is 15.8 Å². The molecular formula is C20H21ClN4O4. The van der Waals surface area contributed by atoms with E-state index in [0.717, 1.165) is 5.56 Å². The minimum Gasteiger partial charge on any atom is -0.340 e. The number of hydrogen-bond acceptors (Lipinski definition) is 5. The maximum absolute atomic E-state index is 12.5. The van der Waals surface area contributed by atoms with E-state index in [-0.39, 0.29) is 22.5 Å². The van der Waals surface area contributed by atoms with E-state index in [0.29, 0.717) is 11.1 Å². The Morgan fingerprint density at radius 1 is 1.17 bits per heavy atom. The molecule has 0 saturated carbocycles. The fraction of sp³-hybridized carbons (Fsp3) is 0.250. The summed E-state index contributed by atoms with van der Waals surface area (Å²) in [5.41, 5.74) is 3.97. The Labute approximate surface area is 173 Å². The quantitative estimate of drug-likeness (QED) is 0.408. The van der Waals surface area contributed by atoms with Crippen LogP contribution in [0.15, 0.2) is 47.6 Å². The smallest absolute Gasteiger partial charge is 0.288 e. The monoisotopic (exact) mass is 416 g/mol. The highest BCUT2D eigenvalue weighted by molar-refractivity contribution is 6.32. The summed E-state index contributed by atoms with van der Waals surface area (Å²) < 4.78 is 0. The highest BCUT2D eigenvalue weighted by atomic mass is 35.5. The Morgan fingerprint density at radius 2 is 1.83 bits per heavy atom. The van der Waals surface area contributed by atoms with Gasteiger partial charge in [0.05, 0.1) is 11.1 Å². The van der Waals surface area contributed by atoms with Crippen LogP contribution in [-0.2, 0) is 4.79 Å². The molecule has 0 fully saturated rings. The second-order valence-electron chi connectivity index (χ2n) is 6.76. The number of hydrazone groups is 1. The third-order valence-corrected chi connectivity index (χ3v) is 4.42. The average Bonchev–Trinajstić information content (AvgIpc) is 2.67. The molecule has 9 heteroatoms. The lowest BCUT2D eigenvalue weighted by atomic mass is 10.0. The van der Waals surface area contributed by atoms with Crippen molar-refractivity contribution in [2.75, 3.05) is 0 Å². The molecule has 1 unspecified atom stereocenters. The number of amides is 2. The van der Waals surface area contributed by atoms with Crippen molar-refractivity contribution >= 4 is 35.3 Å². The van der Waals surface area contributed by atoms with E-state index in [1.807, 2.05) is 19.1 Å². The lowest BCUT2D eigenvalue weighted by molar-refractivity contribution is -0.384. The highest BCUT2D eigenvalue weighted by Crippen LogP contribution is 2.24. The van der Waals surface area contributed by atoms with Gasteiger partial charge in [0.15, 0.2) is 0 Å². The summed E-state index contributed by atoms with van der Waals surface area (Å²) in [6.07, 6.45) is 1.26. The molecule has 152 valence electrons. The van der Waals surface area contributed by atoms with E-state index in [4.69, 9.17) is 11.6 Å². The van der Waals surface area contributed by atoms with Crippen LogP contribution in [0.1, 0.15) is 35.3 Å². The predicted molar refractivity (Wildman–Crippen MR) is 111 cm³/mol. The number of nitro groups is 1. The number of carbonyl (C=O) groups is 2. The SMILES string of the molecule is Cc1ccc(C(=O)NC(C(=O)N/N=C\c2ccc(Cl)c([N+](=O)[O-])c2)C(C)C)cc1. The highest BCUT2D eigenvalue weighted by Gasteiger charge is 2.24. The molecule has 29 heavy (non-hydrogen) atoms. The Hall–Kier alpha value is -3.26. The van der Waals surface area contributed by atoms with Crippen molar-refractivity contribution in [1.82, 2.24) is 10.7 Å². The van der Waals surface area contributed by atoms with Crippen molar-refractivity contribution < 1.29 is 14.5 Å². The predicted octanol–water partition coefficient (Wildman–Crippen LogP) is 3.46. The van der Waals surface area contributed by atoms with Crippen molar-refractivity contribution in [2.45, 2.75) is 26.8 Å². The number of aryl methyl sites for hydroxylation is 1. The summed E-state index contributed by atoms with van der Waals surface area (Å²) in [5.74, 6) is -1.05. The Morgan fingerprint density at radius 3 is 2.41 bits per heavy atom. The minimum absolute atomic E-state index is 0.00914. The number of carbonyl (C=O) groups excluding carboxylic acids is 2. The molecule has 2 N–H and O–H groups in total. The van der Waals surface area contributed by atoms with Gasteiger partial charge in [-0.3, -0.25) is 19.7 Å². The minimum atomic E-state index is -0.805. The Balaban J connectivity index is 2.05. The molecule has 0 saturated heterocycles. The number of halogens is 1. The van der Waals surface area contributed by atoms with Crippen LogP contribution in [0, 0.1) is 23.0 Å². The van der Waals surface area contributed by atoms with Gasteiger partial charge in [-0.15, -0.1) is 0 Å². The molecule has 0 aliphatic heterocycles. The number of nitrogens with zero attached hydrogens (tertiary/aromatic N) is 2. The molecule has 0 aliphatic rings. The first-order valence-electron chi connectivity index (χ1n) is 8.83. The summed E-state index contributed by atoms with van der Waals surface area (Å²) in [4.78, 5) is 35.2. The third kappa shape index (κ3) is 6.11. The first kappa shape index (κ1) is 22.0. The van der Waals surface area contributed by atoms with Crippen LogP contribution in [0.5, 0.6) is 0 Å². The lowest BCUT2D eigenvalue weighted by Gasteiger charge is -2.20. The van der Waals surface area contributed by atoms with Gasteiger partial charge in [0.1, 0.15) is 11.1 Å². The van der Waals surface area contributed by atoms with Crippen molar-refractivity contribution in [1.29, 1.82) is 0 Å². The van der Waals surface area contributed by atoms with Gasteiger partial charge in [0.25, 0.3) is 17.5 Å². The van der Waals surface area contributed by atoms with Gasteiger partial charge in [-0.1, -0.05) is 49.2 Å². The van der Waals surface area contributed by atoms with Gasteiger partial charge in [-0.2, -0.15) is 5.10 Å². The summed E-state index contributed by atoms with van der Waals surface area (Å²) in [7, 11) is 0. The van der Waals surface area contributed by atoms with Crippen LogP contribution in [0.2, 0.25) is 5.02 Å². The number of rotatable bonds is 7. The first-order valence-corrected chi connectivity index (χ1v) is 9.21. The van der Waals surface area contributed by atoms with E-state index < -0.39 is 16.9 Å². The van der Waals surface area contributed by atoms with Gasteiger partial charge < -0.3 is 5.32 Å². The normalized spacial score (nSPS) is 12.0. The molecule has 8 nitrogen and oxygen atoms in total. The molecule has 1 atom stereocenters. The number of nitrogens with one attached hydrogen (secondary N) is 2. The van der Waals surface area contributed by atoms with Crippen LogP contribution < -0.4 is 10.7 Å². The summed E-state index contributed by atoms with van der Waals surface area (Å²) >= 11 is 5.76. The zero-order chi connectivity index (χ0) is 21.6. The zero-order valence-corrected chi connectivity index (χ0v) is 16.9. The van der Waals surface area contributed by atoms with Crippen LogP contribution in [-0.4, -0.2) is 29.0 Å². The second-order valence-corrected chi connectivity index (χ2v) is 7.17. The summed E-state index contributed by atoms with van der Waals surface area (Å²) in [5, 5.41) is 17.5. The van der Waals surface area contributed by atoms with E-state index in [1.165, 1.54) is 24.4 Å². The molecule has 2 aromatic rings. The average molecular weight is 417 g/mol. The van der Waals surface area contributed by atoms with Crippen LogP contribution in [0.3, 0.4) is 0 Å². The number of nitro benzene ring substituents is 1. The standard InChI is InChI=1S/C20H21ClN4O4/c1-12(2)18(23-19(26)15-7-4-13(3)5-8-15)20(27)24-22-11-14-6-9-16(21)17(10-14)25(28)29/h4-12,18H,1-3H3,(H,23,26)(H,24,27)/b22-11-. The Bertz CT molecular complexity index is 942. The molecular weight excluding hydrogens is 396 g/mol. The van der Waals surface area contributed by atoms with Gasteiger partial charge >= 0.3 is 0 Å². The fourth-order valence-electron chi connectivity index (χ4n) is 2.45. The van der Waals surface area contributed by atoms with Crippen molar-refractivity contribution in [2.24, 2.45) is 11.0 Å². The van der Waals surface area contributed by atoms with Crippen LogP contribution in [0.4, 0.5) is 5.69 Å². The van der Waals surface area contributed by atoms with Gasteiger partial charge in [0.2, 0.25) is 0 Å². The number of hydrogen-bond donors (Lipinski definition) is 2. The second kappa shape index (κ2) is 9.79. The molecule has 0 heterocycles. The van der Waals surface area contributed by atoms with Crippen LogP contribution in [0.25, 0.3) is 0 Å². The molecule has 0 spiro atoms. The molecule has 0 radical (unpaired) electrons. The van der Waals surface area contributed by atoms with Gasteiger partial charge in [0, 0.05) is 17.2 Å². The van der Waals surface area contributed by atoms with Crippen molar-refractivity contribution in [3.63, 3.8) is 0 Å². The summed E-state index contributed by atoms with van der Waals surface area (Å²) in [6, 6.07) is 10.4. The maximum Gasteiger partial charge on any atom is 0.288 e. The molecule has 2 amide bonds. The lowest BCUT2D eigenvalue weighted by Crippen LogP contribution is -2.48. The first-order chi connectivity index (χ1) is 13.7. The molecule has 2 aromatic carbocycles. The maximum atomic E-state index is 12.5. The van der Waals surface area contributed by atoms with E-state index in [1.54, 1.807) is 26.0 Å². The fourth-order valence-corrected chi connectivity index (χ4v) is 2.64. The molecule has 0 aromatic heterocycles. The third-order valence-electron chi connectivity index (χ3n) is 4.10. The van der Waals surface area contributed by atoms with Crippen LogP contribution >= 0.6 is 11.6 Å². The molecule has 0 bridgehead atoms. The zero-order valence-electron chi connectivity index (χ0n) is 16.2. The van der Waals surface area contributed by atoms with E-state index in [9.17, 15) is 19.7 Å².